The van der Waals surface area contributed by atoms with E-state index in [0.717, 1.165) is 12.0 Å². The Morgan fingerprint density at radius 1 is 1.10 bits per heavy atom. The number of hydrogen-bond acceptors (Lipinski definition) is 1. The molecule has 1 aliphatic carbocycles. The van der Waals surface area contributed by atoms with Gasteiger partial charge < -0.3 is 5.32 Å². The van der Waals surface area contributed by atoms with Crippen LogP contribution in [0.15, 0.2) is 0 Å². The van der Waals surface area contributed by atoms with Crippen LogP contribution in [0.1, 0.15) is 41.0 Å². The highest BCUT2D eigenvalue weighted by Crippen LogP contribution is 2.28. The predicted octanol–water partition coefficient (Wildman–Crippen LogP) is 2.42. The van der Waals surface area contributed by atoms with E-state index < -0.39 is 0 Å². The first kappa shape index (κ1) is 8.06. The minimum atomic E-state index is 0. The normalized spacial score (nSPS) is 36.6. The summed E-state index contributed by atoms with van der Waals surface area (Å²) in [6.45, 7) is 5.31. The monoisotopic (exact) mass is 143 g/mol. The third-order valence-electron chi connectivity index (χ3n) is 2.54. The predicted molar refractivity (Wildman–Crippen MR) is 47.2 cm³/mol. The van der Waals surface area contributed by atoms with E-state index in [2.05, 4.69) is 5.32 Å². The Hall–Kier alpha value is -0.0400. The Kier molecular flexibility index (Phi) is 3.20. The zero-order valence-electron chi connectivity index (χ0n) is 7.19. The second-order valence-corrected chi connectivity index (χ2v) is 3.13. The van der Waals surface area contributed by atoms with Gasteiger partial charge in [-0.15, -0.1) is 0 Å². The summed E-state index contributed by atoms with van der Waals surface area (Å²) < 4.78 is 0. The number of fused-ring (bicyclic) bond motifs is 3. The van der Waals surface area contributed by atoms with Crippen LogP contribution < -0.4 is 5.32 Å². The second kappa shape index (κ2) is 3.97. The molecule has 0 aromatic carbocycles. The fourth-order valence-electron chi connectivity index (χ4n) is 1.90. The van der Waals surface area contributed by atoms with Crippen molar-refractivity contribution in [2.45, 2.75) is 45.6 Å². The topological polar surface area (TPSA) is 12.0 Å². The molecule has 2 saturated heterocycles. The van der Waals surface area contributed by atoms with Crippen molar-refractivity contribution in [1.82, 2.24) is 5.32 Å². The SMILES string of the molecule is C1CC2CCC1CN2.CC.[HH]. The molecule has 3 fully saturated rings. The van der Waals surface area contributed by atoms with Gasteiger partial charge in [0.1, 0.15) is 0 Å². The molecule has 0 aromatic rings. The van der Waals surface area contributed by atoms with Crippen molar-refractivity contribution >= 4 is 0 Å². The molecule has 3 rings (SSSR count). The molecule has 2 bridgehead atoms. The molecule has 2 aliphatic heterocycles. The molecule has 0 unspecified atom stereocenters. The molecule has 0 radical (unpaired) electrons. The highest BCUT2D eigenvalue weighted by Gasteiger charge is 2.25. The highest BCUT2D eigenvalue weighted by molar-refractivity contribution is 4.84. The molecule has 2 heterocycles. The fraction of sp³-hybridized carbons (Fsp3) is 1.00. The van der Waals surface area contributed by atoms with Crippen LogP contribution >= 0.6 is 0 Å². The van der Waals surface area contributed by atoms with E-state index in [1.807, 2.05) is 13.8 Å². The quantitative estimate of drug-likeness (QED) is 0.549. The second-order valence-electron chi connectivity index (χ2n) is 3.13. The molecular weight excluding hydrogens is 122 g/mol. The standard InChI is InChI=1S/C7H13N.C2H6.H2/c1-3-7-4-2-6(1)5-8-7;1-2;/h6-8H,1-5H2;1-2H3;1H. The zero-order valence-corrected chi connectivity index (χ0v) is 7.19. The fourth-order valence-corrected chi connectivity index (χ4v) is 1.90. The lowest BCUT2D eigenvalue weighted by atomic mass is 9.82. The number of nitrogens with one attached hydrogen (secondary N) is 1. The van der Waals surface area contributed by atoms with Crippen LogP contribution in [-0.2, 0) is 0 Å². The maximum Gasteiger partial charge on any atom is 0.00673 e. The van der Waals surface area contributed by atoms with Crippen molar-refractivity contribution in [2.75, 3.05) is 6.54 Å². The average Bonchev–Trinajstić information content (AvgIpc) is 2.11. The van der Waals surface area contributed by atoms with Crippen LogP contribution in [0.4, 0.5) is 0 Å². The van der Waals surface area contributed by atoms with Gasteiger partial charge in [0.15, 0.2) is 0 Å². The number of rotatable bonds is 0. The molecule has 0 aromatic heterocycles. The molecule has 3 aliphatic rings. The van der Waals surface area contributed by atoms with E-state index in [1.54, 1.807) is 0 Å². The van der Waals surface area contributed by atoms with Crippen molar-refractivity contribution in [3.63, 3.8) is 0 Å². The lowest BCUT2D eigenvalue weighted by Crippen LogP contribution is -2.44. The van der Waals surface area contributed by atoms with Crippen molar-refractivity contribution in [2.24, 2.45) is 5.92 Å². The number of piperidine rings is 2. The molecule has 10 heavy (non-hydrogen) atoms. The highest BCUT2D eigenvalue weighted by atomic mass is 14.9. The van der Waals surface area contributed by atoms with E-state index >= 15 is 0 Å². The first-order valence-electron chi connectivity index (χ1n) is 4.68. The summed E-state index contributed by atoms with van der Waals surface area (Å²) in [6, 6.07) is 0.903. The van der Waals surface area contributed by atoms with Gasteiger partial charge in [0.25, 0.3) is 0 Å². The van der Waals surface area contributed by atoms with Crippen LogP contribution in [0.25, 0.3) is 0 Å². The van der Waals surface area contributed by atoms with Gasteiger partial charge in [-0.1, -0.05) is 13.8 Å². The molecule has 1 saturated carbocycles. The van der Waals surface area contributed by atoms with Gasteiger partial charge in [0.2, 0.25) is 0 Å². The van der Waals surface area contributed by atoms with E-state index in [9.17, 15) is 0 Å². The van der Waals surface area contributed by atoms with Crippen LogP contribution in [0.3, 0.4) is 0 Å². The summed E-state index contributed by atoms with van der Waals surface area (Å²) in [5, 5.41) is 3.52. The van der Waals surface area contributed by atoms with Crippen LogP contribution in [0.2, 0.25) is 0 Å². The molecule has 0 amide bonds. The molecule has 1 nitrogen and oxygen atoms in total. The van der Waals surface area contributed by atoms with Gasteiger partial charge in [-0.3, -0.25) is 0 Å². The summed E-state index contributed by atoms with van der Waals surface area (Å²) >= 11 is 0. The van der Waals surface area contributed by atoms with Crippen molar-refractivity contribution in [3.8, 4) is 0 Å². The summed E-state index contributed by atoms with van der Waals surface area (Å²) in [4.78, 5) is 0. The van der Waals surface area contributed by atoms with Crippen LogP contribution in [0, 0.1) is 5.92 Å². The minimum absolute atomic E-state index is 0. The Morgan fingerprint density at radius 3 is 1.80 bits per heavy atom. The summed E-state index contributed by atoms with van der Waals surface area (Å²) in [7, 11) is 0. The van der Waals surface area contributed by atoms with Gasteiger partial charge in [0, 0.05) is 7.47 Å². The Bertz CT molecular complexity index is 64.5. The zero-order chi connectivity index (χ0) is 7.40. The van der Waals surface area contributed by atoms with Gasteiger partial charge >= 0.3 is 0 Å². The summed E-state index contributed by atoms with van der Waals surface area (Å²) in [5.41, 5.74) is 0. The third-order valence-corrected chi connectivity index (χ3v) is 2.54. The van der Waals surface area contributed by atoms with E-state index in [0.29, 0.717) is 0 Å². The Balaban J connectivity index is 0.000000311. The average molecular weight is 143 g/mol. The first-order valence-corrected chi connectivity index (χ1v) is 4.68. The van der Waals surface area contributed by atoms with E-state index in [-0.39, 0.29) is 1.43 Å². The molecule has 62 valence electrons. The van der Waals surface area contributed by atoms with Gasteiger partial charge in [-0.05, 0) is 38.1 Å². The van der Waals surface area contributed by atoms with E-state index in [4.69, 9.17) is 0 Å². The molecule has 1 N–H and O–H groups in total. The Morgan fingerprint density at radius 2 is 1.70 bits per heavy atom. The number of hydrogen-bond donors (Lipinski definition) is 1. The maximum atomic E-state index is 3.52. The van der Waals surface area contributed by atoms with Crippen molar-refractivity contribution in [1.29, 1.82) is 0 Å². The third kappa shape index (κ3) is 1.72. The van der Waals surface area contributed by atoms with Gasteiger partial charge in [-0.2, -0.15) is 0 Å². The van der Waals surface area contributed by atoms with Crippen molar-refractivity contribution < 1.29 is 1.43 Å². The molecule has 0 atom stereocenters. The van der Waals surface area contributed by atoms with E-state index in [1.165, 1.54) is 32.2 Å². The van der Waals surface area contributed by atoms with Gasteiger partial charge in [-0.25, -0.2) is 0 Å². The lowest BCUT2D eigenvalue weighted by Gasteiger charge is -2.36. The van der Waals surface area contributed by atoms with Gasteiger partial charge in [0.05, 0.1) is 0 Å². The smallest absolute Gasteiger partial charge is 0.00673 e. The van der Waals surface area contributed by atoms with Crippen molar-refractivity contribution in [3.05, 3.63) is 0 Å². The minimum Gasteiger partial charge on any atom is -0.314 e. The largest absolute Gasteiger partial charge is 0.314 e. The maximum absolute atomic E-state index is 3.52. The first-order chi connectivity index (χ1) is 4.95. The Labute approximate surface area is 65.7 Å². The lowest BCUT2D eigenvalue weighted by molar-refractivity contribution is 0.213. The molecule has 0 spiro atoms. The molecule has 1 heteroatoms. The molecular formula is C9H21N. The van der Waals surface area contributed by atoms with Crippen LogP contribution in [0.5, 0.6) is 0 Å². The summed E-state index contributed by atoms with van der Waals surface area (Å²) in [6.07, 6.45) is 5.89. The summed E-state index contributed by atoms with van der Waals surface area (Å²) in [5.74, 6) is 1.04. The van der Waals surface area contributed by atoms with Crippen LogP contribution in [-0.4, -0.2) is 12.6 Å².